The molecule has 0 saturated carbocycles. The summed E-state index contributed by atoms with van der Waals surface area (Å²) in [6, 6.07) is 18.5. The van der Waals surface area contributed by atoms with Crippen molar-refractivity contribution < 1.29 is 0 Å². The van der Waals surface area contributed by atoms with Crippen molar-refractivity contribution in [1.82, 2.24) is 4.98 Å². The summed E-state index contributed by atoms with van der Waals surface area (Å²) in [7, 11) is 0. The van der Waals surface area contributed by atoms with E-state index in [9.17, 15) is 0 Å². The third-order valence-electron chi connectivity index (χ3n) is 3.50. The average molecular weight is 355 g/mol. The van der Waals surface area contributed by atoms with Crippen molar-refractivity contribution in [2.75, 3.05) is 5.73 Å². The molecule has 0 fully saturated rings. The number of rotatable bonds is 1. The molecule has 102 valence electrons. The summed E-state index contributed by atoms with van der Waals surface area (Å²) >= 11 is 5.15. The van der Waals surface area contributed by atoms with E-state index in [0.717, 1.165) is 31.6 Å². The summed E-state index contributed by atoms with van der Waals surface area (Å²) in [5, 5.41) is 3.30. The number of nitrogen functional groups attached to an aromatic ring is 1. The van der Waals surface area contributed by atoms with Gasteiger partial charge in [0.25, 0.3) is 0 Å². The molecule has 21 heavy (non-hydrogen) atoms. The Morgan fingerprint density at radius 1 is 0.952 bits per heavy atom. The summed E-state index contributed by atoms with van der Waals surface area (Å²) < 4.78 is 2.21. The largest absolute Gasteiger partial charge is 0.398 e. The fourth-order valence-corrected chi connectivity index (χ4v) is 3.79. The summed E-state index contributed by atoms with van der Waals surface area (Å²) in [6.07, 6.45) is 0. The number of anilines is 1. The molecule has 0 aliphatic carbocycles. The zero-order valence-electron chi connectivity index (χ0n) is 11.0. The van der Waals surface area contributed by atoms with Crippen LogP contribution in [0.3, 0.4) is 0 Å². The average Bonchev–Trinajstić information content (AvgIpc) is 2.89. The number of nitrogens with two attached hydrogens (primary N) is 1. The summed E-state index contributed by atoms with van der Waals surface area (Å²) in [5.74, 6) is 0. The molecular formula is C17H11BrN2S. The van der Waals surface area contributed by atoms with Crippen molar-refractivity contribution in [3.63, 3.8) is 0 Å². The standard InChI is InChI=1S/C17H11BrN2S/c18-12-5-6-16-15(9-12)20-17(21-16)13-7-10-3-1-2-4-11(10)8-14(13)19/h1-9H,19H2. The van der Waals surface area contributed by atoms with Gasteiger partial charge in [0.15, 0.2) is 0 Å². The molecule has 4 rings (SSSR count). The first-order valence-electron chi connectivity index (χ1n) is 6.55. The summed E-state index contributed by atoms with van der Waals surface area (Å²) in [6.45, 7) is 0. The summed E-state index contributed by atoms with van der Waals surface area (Å²) in [5.41, 5.74) is 9.00. The Hall–Kier alpha value is -1.91. The van der Waals surface area contributed by atoms with Crippen molar-refractivity contribution in [3.8, 4) is 10.6 Å². The second-order valence-electron chi connectivity index (χ2n) is 4.92. The van der Waals surface area contributed by atoms with Crippen LogP contribution in [0.4, 0.5) is 5.69 Å². The van der Waals surface area contributed by atoms with Crippen LogP contribution in [0.5, 0.6) is 0 Å². The van der Waals surface area contributed by atoms with Gasteiger partial charge in [0, 0.05) is 15.7 Å². The fraction of sp³-hybridized carbons (Fsp3) is 0. The minimum absolute atomic E-state index is 0.770. The van der Waals surface area contributed by atoms with E-state index in [0.29, 0.717) is 0 Å². The molecule has 1 aromatic heterocycles. The van der Waals surface area contributed by atoms with Gasteiger partial charge in [-0.25, -0.2) is 4.98 Å². The number of benzene rings is 3. The minimum Gasteiger partial charge on any atom is -0.398 e. The molecule has 3 aromatic carbocycles. The molecule has 4 aromatic rings. The molecule has 0 unspecified atom stereocenters. The van der Waals surface area contributed by atoms with Crippen LogP contribution in [-0.4, -0.2) is 4.98 Å². The lowest BCUT2D eigenvalue weighted by atomic mass is 10.1. The van der Waals surface area contributed by atoms with Crippen molar-refractivity contribution in [2.45, 2.75) is 0 Å². The molecule has 0 atom stereocenters. The van der Waals surface area contributed by atoms with Crippen LogP contribution in [0.2, 0.25) is 0 Å². The van der Waals surface area contributed by atoms with E-state index in [4.69, 9.17) is 10.7 Å². The quantitative estimate of drug-likeness (QED) is 0.461. The first kappa shape index (κ1) is 12.8. The Morgan fingerprint density at radius 2 is 1.71 bits per heavy atom. The Kier molecular flexibility index (Phi) is 2.94. The van der Waals surface area contributed by atoms with Gasteiger partial charge < -0.3 is 5.73 Å². The highest BCUT2D eigenvalue weighted by molar-refractivity contribution is 9.10. The van der Waals surface area contributed by atoms with Crippen LogP contribution < -0.4 is 5.73 Å². The maximum atomic E-state index is 6.23. The Balaban J connectivity index is 1.96. The second-order valence-corrected chi connectivity index (χ2v) is 6.86. The lowest BCUT2D eigenvalue weighted by Gasteiger charge is -2.05. The topological polar surface area (TPSA) is 38.9 Å². The number of nitrogens with zero attached hydrogens (tertiary/aromatic N) is 1. The lowest BCUT2D eigenvalue weighted by Crippen LogP contribution is -1.90. The van der Waals surface area contributed by atoms with Crippen LogP contribution in [0.15, 0.2) is 59.1 Å². The third-order valence-corrected chi connectivity index (χ3v) is 5.06. The molecular weight excluding hydrogens is 344 g/mol. The Bertz CT molecular complexity index is 975. The first-order valence-corrected chi connectivity index (χ1v) is 8.16. The number of halogens is 1. The van der Waals surface area contributed by atoms with E-state index in [1.807, 2.05) is 30.3 Å². The monoisotopic (exact) mass is 354 g/mol. The molecule has 2 N–H and O–H groups in total. The SMILES string of the molecule is Nc1cc2ccccc2cc1-c1nc2cc(Br)ccc2s1. The predicted octanol–water partition coefficient (Wildman–Crippen LogP) is 5.46. The van der Waals surface area contributed by atoms with E-state index in [2.05, 4.69) is 40.2 Å². The lowest BCUT2D eigenvalue weighted by molar-refractivity contribution is 1.48. The van der Waals surface area contributed by atoms with Crippen molar-refractivity contribution in [2.24, 2.45) is 0 Å². The molecule has 0 radical (unpaired) electrons. The molecule has 4 heteroatoms. The maximum absolute atomic E-state index is 6.23. The van der Waals surface area contributed by atoms with Crippen LogP contribution in [0.1, 0.15) is 0 Å². The van der Waals surface area contributed by atoms with E-state index >= 15 is 0 Å². The first-order chi connectivity index (χ1) is 10.2. The van der Waals surface area contributed by atoms with Gasteiger partial charge in [0.05, 0.1) is 10.2 Å². The van der Waals surface area contributed by atoms with E-state index in [1.54, 1.807) is 11.3 Å². The highest BCUT2D eigenvalue weighted by Crippen LogP contribution is 2.36. The van der Waals surface area contributed by atoms with Crippen LogP contribution in [0.25, 0.3) is 31.6 Å². The van der Waals surface area contributed by atoms with Crippen LogP contribution in [-0.2, 0) is 0 Å². The fourth-order valence-electron chi connectivity index (χ4n) is 2.46. The number of hydrogen-bond acceptors (Lipinski definition) is 3. The molecule has 0 aliphatic rings. The molecule has 1 heterocycles. The van der Waals surface area contributed by atoms with Gasteiger partial charge in [-0.15, -0.1) is 11.3 Å². The minimum atomic E-state index is 0.770. The smallest absolute Gasteiger partial charge is 0.126 e. The van der Waals surface area contributed by atoms with Crippen LogP contribution >= 0.6 is 27.3 Å². The highest BCUT2D eigenvalue weighted by atomic mass is 79.9. The van der Waals surface area contributed by atoms with Crippen molar-refractivity contribution >= 4 is 53.9 Å². The predicted molar refractivity (Wildman–Crippen MR) is 94.7 cm³/mol. The van der Waals surface area contributed by atoms with Gasteiger partial charge >= 0.3 is 0 Å². The molecule has 0 aliphatic heterocycles. The molecule has 0 saturated heterocycles. The van der Waals surface area contributed by atoms with Gasteiger partial charge in [-0.2, -0.15) is 0 Å². The number of aromatic nitrogens is 1. The Morgan fingerprint density at radius 3 is 2.52 bits per heavy atom. The number of thiazole rings is 1. The number of fused-ring (bicyclic) bond motifs is 2. The van der Waals surface area contributed by atoms with Gasteiger partial charge in [-0.3, -0.25) is 0 Å². The van der Waals surface area contributed by atoms with E-state index in [1.165, 1.54) is 10.1 Å². The summed E-state index contributed by atoms with van der Waals surface area (Å²) in [4.78, 5) is 4.72. The van der Waals surface area contributed by atoms with E-state index < -0.39 is 0 Å². The van der Waals surface area contributed by atoms with Crippen molar-refractivity contribution in [3.05, 3.63) is 59.1 Å². The van der Waals surface area contributed by atoms with Gasteiger partial charge in [0.1, 0.15) is 5.01 Å². The van der Waals surface area contributed by atoms with Crippen LogP contribution in [0, 0.1) is 0 Å². The van der Waals surface area contributed by atoms with Gasteiger partial charge in [-0.1, -0.05) is 40.2 Å². The zero-order chi connectivity index (χ0) is 14.4. The van der Waals surface area contributed by atoms with E-state index in [-0.39, 0.29) is 0 Å². The zero-order valence-corrected chi connectivity index (χ0v) is 13.4. The molecule has 2 nitrogen and oxygen atoms in total. The molecule has 0 amide bonds. The van der Waals surface area contributed by atoms with Gasteiger partial charge in [0.2, 0.25) is 0 Å². The molecule has 0 spiro atoms. The number of hydrogen-bond donors (Lipinski definition) is 1. The second kappa shape index (κ2) is 4.83. The molecule has 0 bridgehead atoms. The van der Waals surface area contributed by atoms with Gasteiger partial charge in [-0.05, 0) is 41.1 Å². The van der Waals surface area contributed by atoms with Crippen molar-refractivity contribution in [1.29, 1.82) is 0 Å². The highest BCUT2D eigenvalue weighted by Gasteiger charge is 2.10. The normalized spacial score (nSPS) is 11.3. The Labute approximate surface area is 134 Å². The third kappa shape index (κ3) is 2.20. The maximum Gasteiger partial charge on any atom is 0.126 e.